The normalized spacial score (nSPS) is 46.8. The van der Waals surface area contributed by atoms with Crippen molar-refractivity contribution in [2.24, 2.45) is 34.5 Å². The van der Waals surface area contributed by atoms with E-state index in [1.165, 1.54) is 31.2 Å². The third-order valence-corrected chi connectivity index (χ3v) is 10.6. The Labute approximate surface area is 204 Å². The lowest BCUT2D eigenvalue weighted by Crippen LogP contribution is -2.55. The predicted octanol–water partition coefficient (Wildman–Crippen LogP) is 5.57. The van der Waals surface area contributed by atoms with Gasteiger partial charge in [-0.05, 0) is 74.2 Å². The smallest absolute Gasteiger partial charge is 0.174 e. The second kappa shape index (κ2) is 8.85. The highest BCUT2D eigenvalue weighted by atomic mass is 16.7. The van der Waals surface area contributed by atoms with E-state index in [2.05, 4.69) is 37.3 Å². The zero-order valence-electron chi connectivity index (χ0n) is 21.2. The summed E-state index contributed by atoms with van der Waals surface area (Å²) in [5.74, 6) is 2.02. The standard InChI is InChI=1S/C29H42O5/c1-27-17-28(18-32-19-30-2)12-11-24(33-16-20-7-5-4-6-8-20)14-23(28)15-25(27)34-29(31-3)22-10-9-21(13-22)26(27)29/h4-8,21-26H,9-19H2,1-3H3/t21-,22+,23-,24+,25-,26+,27+,28-,29+/m1/s1. The van der Waals surface area contributed by atoms with Crippen molar-refractivity contribution in [3.05, 3.63) is 35.9 Å². The summed E-state index contributed by atoms with van der Waals surface area (Å²) in [6.45, 7) is 4.37. The van der Waals surface area contributed by atoms with E-state index in [-0.39, 0.29) is 22.7 Å². The summed E-state index contributed by atoms with van der Waals surface area (Å²) < 4.78 is 31.2. The first-order valence-corrected chi connectivity index (χ1v) is 13.5. The van der Waals surface area contributed by atoms with E-state index < -0.39 is 0 Å². The molecule has 2 bridgehead atoms. The molecule has 5 aliphatic rings. The van der Waals surface area contributed by atoms with Crippen LogP contribution >= 0.6 is 0 Å². The van der Waals surface area contributed by atoms with Crippen LogP contribution in [0.3, 0.4) is 0 Å². The van der Waals surface area contributed by atoms with Gasteiger partial charge in [-0.2, -0.15) is 0 Å². The van der Waals surface area contributed by atoms with Gasteiger partial charge in [-0.25, -0.2) is 0 Å². The molecule has 0 spiro atoms. The van der Waals surface area contributed by atoms with E-state index in [9.17, 15) is 0 Å². The van der Waals surface area contributed by atoms with Gasteiger partial charge in [0.15, 0.2) is 5.79 Å². The van der Waals surface area contributed by atoms with Crippen LogP contribution in [-0.2, 0) is 30.3 Å². The minimum absolute atomic E-state index is 0.153. The van der Waals surface area contributed by atoms with Gasteiger partial charge < -0.3 is 23.7 Å². The van der Waals surface area contributed by atoms with Gasteiger partial charge in [0.2, 0.25) is 0 Å². The van der Waals surface area contributed by atoms with E-state index in [4.69, 9.17) is 23.7 Å². The fraction of sp³-hybridized carbons (Fsp3) is 0.793. The average Bonchev–Trinajstić information content (AvgIpc) is 3.52. The van der Waals surface area contributed by atoms with Crippen molar-refractivity contribution in [3.8, 4) is 0 Å². The van der Waals surface area contributed by atoms with Crippen LogP contribution in [0.5, 0.6) is 0 Å². The Morgan fingerprint density at radius 2 is 1.85 bits per heavy atom. The first kappa shape index (κ1) is 23.4. The molecule has 1 heterocycles. The van der Waals surface area contributed by atoms with Crippen LogP contribution in [0, 0.1) is 34.5 Å². The molecule has 9 atom stereocenters. The molecule has 34 heavy (non-hydrogen) atoms. The number of methoxy groups -OCH3 is 2. The molecular weight excluding hydrogens is 428 g/mol. The minimum Gasteiger partial charge on any atom is -0.374 e. The lowest BCUT2D eigenvalue weighted by atomic mass is 9.49. The molecule has 5 fully saturated rings. The van der Waals surface area contributed by atoms with Crippen LogP contribution in [0.15, 0.2) is 30.3 Å². The highest BCUT2D eigenvalue weighted by Gasteiger charge is 2.74. The molecule has 5 heteroatoms. The highest BCUT2D eigenvalue weighted by Crippen LogP contribution is 2.73. The molecule has 4 aliphatic carbocycles. The zero-order valence-corrected chi connectivity index (χ0v) is 21.2. The maximum absolute atomic E-state index is 7.02. The fourth-order valence-corrected chi connectivity index (χ4v) is 9.32. The van der Waals surface area contributed by atoms with Crippen molar-refractivity contribution in [1.82, 2.24) is 0 Å². The molecule has 1 aliphatic heterocycles. The SMILES string of the molecule is COCOC[C@]12CC[C@H](OCc3ccccc3)C[C@@H]1C[C@H]1O[C@@]3(OC)[C@H]4CC[C@H](C4)[C@H]3[C@@]1(C)C2. The molecule has 1 aromatic rings. The van der Waals surface area contributed by atoms with Crippen LogP contribution in [0.2, 0.25) is 0 Å². The van der Waals surface area contributed by atoms with Gasteiger partial charge >= 0.3 is 0 Å². The number of rotatable bonds is 8. The summed E-state index contributed by atoms with van der Waals surface area (Å²) in [6, 6.07) is 10.6. The summed E-state index contributed by atoms with van der Waals surface area (Å²) in [7, 11) is 3.61. The molecule has 4 saturated carbocycles. The average molecular weight is 471 g/mol. The Hall–Kier alpha value is -0.980. The Morgan fingerprint density at radius 3 is 2.65 bits per heavy atom. The molecule has 0 unspecified atom stereocenters. The number of benzene rings is 1. The number of fused-ring (bicyclic) bond motifs is 8. The monoisotopic (exact) mass is 470 g/mol. The van der Waals surface area contributed by atoms with Crippen molar-refractivity contribution in [1.29, 1.82) is 0 Å². The van der Waals surface area contributed by atoms with Gasteiger partial charge in [-0.1, -0.05) is 37.3 Å². The quantitative estimate of drug-likeness (QED) is 0.367. The van der Waals surface area contributed by atoms with Gasteiger partial charge in [0, 0.05) is 31.5 Å². The largest absolute Gasteiger partial charge is 0.374 e. The first-order chi connectivity index (χ1) is 16.5. The third kappa shape index (κ3) is 3.53. The first-order valence-electron chi connectivity index (χ1n) is 13.5. The summed E-state index contributed by atoms with van der Waals surface area (Å²) in [6.07, 6.45) is 10.1. The van der Waals surface area contributed by atoms with Crippen LogP contribution in [0.1, 0.15) is 63.9 Å². The van der Waals surface area contributed by atoms with E-state index >= 15 is 0 Å². The van der Waals surface area contributed by atoms with Gasteiger partial charge in [0.05, 0.1) is 25.4 Å². The molecule has 5 nitrogen and oxygen atoms in total. The maximum atomic E-state index is 7.02. The minimum atomic E-state index is -0.354. The van der Waals surface area contributed by atoms with E-state index in [0.717, 1.165) is 38.2 Å². The summed E-state index contributed by atoms with van der Waals surface area (Å²) in [5.41, 5.74) is 1.58. The number of hydrogen-bond acceptors (Lipinski definition) is 5. The topological polar surface area (TPSA) is 46.2 Å². The maximum Gasteiger partial charge on any atom is 0.174 e. The van der Waals surface area contributed by atoms with Crippen LogP contribution < -0.4 is 0 Å². The number of hydrogen-bond donors (Lipinski definition) is 0. The second-order valence-electron chi connectivity index (χ2n) is 12.2. The Balaban J connectivity index is 1.23. The van der Waals surface area contributed by atoms with Crippen molar-refractivity contribution >= 4 is 0 Å². The lowest BCUT2D eigenvalue weighted by Gasteiger charge is -2.57. The summed E-state index contributed by atoms with van der Waals surface area (Å²) >= 11 is 0. The molecule has 1 aromatic carbocycles. The van der Waals surface area contributed by atoms with Crippen molar-refractivity contribution in [2.75, 3.05) is 27.6 Å². The van der Waals surface area contributed by atoms with Gasteiger partial charge in [-0.3, -0.25) is 0 Å². The van der Waals surface area contributed by atoms with Gasteiger partial charge in [0.1, 0.15) is 6.79 Å². The number of ether oxygens (including phenoxy) is 5. The van der Waals surface area contributed by atoms with Crippen LogP contribution in [0.4, 0.5) is 0 Å². The molecule has 0 N–H and O–H groups in total. The molecule has 0 amide bonds. The molecule has 0 aromatic heterocycles. The van der Waals surface area contributed by atoms with E-state index in [1.807, 2.05) is 7.11 Å². The molecule has 188 valence electrons. The fourth-order valence-electron chi connectivity index (χ4n) is 9.32. The predicted molar refractivity (Wildman–Crippen MR) is 129 cm³/mol. The Bertz CT molecular complexity index is 861. The van der Waals surface area contributed by atoms with Crippen molar-refractivity contribution in [3.63, 3.8) is 0 Å². The van der Waals surface area contributed by atoms with Crippen molar-refractivity contribution < 1.29 is 23.7 Å². The summed E-state index contributed by atoms with van der Waals surface area (Å²) in [5, 5.41) is 0. The van der Waals surface area contributed by atoms with E-state index in [1.54, 1.807) is 7.11 Å². The summed E-state index contributed by atoms with van der Waals surface area (Å²) in [4.78, 5) is 0. The lowest BCUT2D eigenvalue weighted by molar-refractivity contribution is -0.257. The Morgan fingerprint density at radius 1 is 1.00 bits per heavy atom. The third-order valence-electron chi connectivity index (χ3n) is 10.6. The molecule has 0 radical (unpaired) electrons. The van der Waals surface area contributed by atoms with E-state index in [0.29, 0.717) is 37.3 Å². The second-order valence-corrected chi connectivity index (χ2v) is 12.2. The van der Waals surface area contributed by atoms with Gasteiger partial charge in [0.25, 0.3) is 0 Å². The van der Waals surface area contributed by atoms with Crippen LogP contribution in [-0.4, -0.2) is 45.6 Å². The van der Waals surface area contributed by atoms with Crippen molar-refractivity contribution in [2.45, 2.75) is 82.9 Å². The Kier molecular flexibility index (Phi) is 6.09. The van der Waals surface area contributed by atoms with Gasteiger partial charge in [-0.15, -0.1) is 0 Å². The molecule has 6 rings (SSSR count). The van der Waals surface area contributed by atoms with Crippen LogP contribution in [0.25, 0.3) is 0 Å². The zero-order chi connectivity index (χ0) is 23.4. The molecular formula is C29H42O5. The molecule has 1 saturated heterocycles. The highest BCUT2D eigenvalue weighted by molar-refractivity contribution is 5.19.